The molecule has 0 aliphatic heterocycles. The Kier molecular flexibility index (Phi) is 5.74. The molecule has 8 heteroatoms. The first kappa shape index (κ1) is 21.4. The van der Waals surface area contributed by atoms with Gasteiger partial charge in [0.2, 0.25) is 5.95 Å². The highest BCUT2D eigenvalue weighted by atomic mass is 79.9. The van der Waals surface area contributed by atoms with Crippen LogP contribution < -0.4 is 5.32 Å². The van der Waals surface area contributed by atoms with Crippen molar-refractivity contribution in [3.8, 4) is 5.95 Å². The molecule has 0 spiro atoms. The molecule has 0 saturated heterocycles. The Labute approximate surface area is 204 Å². The molecule has 1 N–H and O–H groups in total. The Morgan fingerprint density at radius 1 is 1.03 bits per heavy atom. The summed E-state index contributed by atoms with van der Waals surface area (Å²) in [4.78, 5) is 17.8. The lowest BCUT2D eigenvalue weighted by atomic mass is 10.2. The molecular weight excluding hydrogens is 502 g/mol. The molecule has 164 valence electrons. The number of aromatic nitrogens is 4. The summed E-state index contributed by atoms with van der Waals surface area (Å²) in [6, 6.07) is 24.7. The molecule has 3 aromatic carbocycles. The van der Waals surface area contributed by atoms with Gasteiger partial charge < -0.3 is 9.88 Å². The van der Waals surface area contributed by atoms with Crippen molar-refractivity contribution in [2.45, 2.75) is 13.5 Å². The van der Waals surface area contributed by atoms with Crippen molar-refractivity contribution in [2.75, 3.05) is 5.32 Å². The highest BCUT2D eigenvalue weighted by Gasteiger charge is 2.19. The minimum Gasteiger partial charge on any atom is -0.306 e. The fraction of sp³-hybridized carbons (Fsp3) is 0.0800. The summed E-state index contributed by atoms with van der Waals surface area (Å²) in [5.41, 5.74) is 4.15. The highest BCUT2D eigenvalue weighted by Crippen LogP contribution is 2.25. The van der Waals surface area contributed by atoms with Gasteiger partial charge in [-0.3, -0.25) is 4.79 Å². The molecule has 6 nitrogen and oxygen atoms in total. The van der Waals surface area contributed by atoms with Crippen molar-refractivity contribution in [2.24, 2.45) is 0 Å². The van der Waals surface area contributed by atoms with Crippen LogP contribution in [0.4, 0.5) is 5.82 Å². The first-order valence-electron chi connectivity index (χ1n) is 10.3. The van der Waals surface area contributed by atoms with Gasteiger partial charge in [0.25, 0.3) is 5.91 Å². The predicted molar refractivity (Wildman–Crippen MR) is 134 cm³/mol. The maximum atomic E-state index is 12.9. The zero-order valence-corrected chi connectivity index (χ0v) is 20.0. The van der Waals surface area contributed by atoms with Crippen molar-refractivity contribution in [1.82, 2.24) is 19.3 Å². The standard InChI is InChI=1S/C25H19BrClN5O/c1-16-12-23(29-24(33)18-7-5-8-19(26)14-18)32(30-16)25-28-21-10-2-3-11-22(21)31(25)15-17-6-4-9-20(27)13-17/h2-14H,15H2,1H3,(H,29,33). The monoisotopic (exact) mass is 519 g/mol. The maximum absolute atomic E-state index is 12.9. The number of rotatable bonds is 5. The number of benzene rings is 3. The maximum Gasteiger partial charge on any atom is 0.256 e. The largest absolute Gasteiger partial charge is 0.306 e. The van der Waals surface area contributed by atoms with E-state index >= 15 is 0 Å². The van der Waals surface area contributed by atoms with E-state index in [-0.39, 0.29) is 5.91 Å². The second kappa shape index (κ2) is 8.84. The number of halogens is 2. The van der Waals surface area contributed by atoms with Crippen LogP contribution in [0.5, 0.6) is 0 Å². The quantitative estimate of drug-likeness (QED) is 0.298. The van der Waals surface area contributed by atoms with Gasteiger partial charge in [-0.15, -0.1) is 0 Å². The molecule has 0 saturated carbocycles. The van der Waals surface area contributed by atoms with Crippen molar-refractivity contribution in [3.05, 3.63) is 105 Å². The number of hydrogen-bond acceptors (Lipinski definition) is 3. The molecule has 2 heterocycles. The van der Waals surface area contributed by atoms with Crippen LogP contribution in [0.25, 0.3) is 17.0 Å². The van der Waals surface area contributed by atoms with E-state index in [0.29, 0.717) is 28.9 Å². The minimum atomic E-state index is -0.227. The normalized spacial score (nSPS) is 11.1. The van der Waals surface area contributed by atoms with Gasteiger partial charge >= 0.3 is 0 Å². The third kappa shape index (κ3) is 4.42. The van der Waals surface area contributed by atoms with Crippen LogP contribution in [0, 0.1) is 6.92 Å². The average Bonchev–Trinajstić information content (AvgIpc) is 3.33. The molecule has 1 amide bonds. The molecule has 0 aliphatic carbocycles. The Morgan fingerprint density at radius 2 is 1.85 bits per heavy atom. The number of nitrogens with zero attached hydrogens (tertiary/aromatic N) is 4. The first-order chi connectivity index (χ1) is 16.0. The fourth-order valence-corrected chi connectivity index (χ4v) is 4.37. The smallest absolute Gasteiger partial charge is 0.256 e. The van der Waals surface area contributed by atoms with Gasteiger partial charge in [0.15, 0.2) is 0 Å². The Bertz CT molecular complexity index is 1490. The van der Waals surface area contributed by atoms with Crippen LogP contribution in [-0.4, -0.2) is 25.2 Å². The number of carbonyl (C=O) groups excluding carboxylic acids is 1. The Balaban J connectivity index is 1.59. The SMILES string of the molecule is Cc1cc(NC(=O)c2cccc(Br)c2)n(-c2nc3ccccc3n2Cc2cccc(Cl)c2)n1. The van der Waals surface area contributed by atoms with Gasteiger partial charge in [-0.2, -0.15) is 9.78 Å². The van der Waals surface area contributed by atoms with E-state index in [2.05, 4.69) is 30.9 Å². The van der Waals surface area contributed by atoms with Crippen LogP contribution in [-0.2, 0) is 6.54 Å². The van der Waals surface area contributed by atoms with E-state index in [4.69, 9.17) is 16.6 Å². The lowest BCUT2D eigenvalue weighted by Gasteiger charge is -2.12. The summed E-state index contributed by atoms with van der Waals surface area (Å²) in [5, 5.41) is 8.30. The van der Waals surface area contributed by atoms with Crippen molar-refractivity contribution < 1.29 is 4.79 Å². The summed E-state index contributed by atoms with van der Waals surface area (Å²) < 4.78 is 4.58. The van der Waals surface area contributed by atoms with Crippen molar-refractivity contribution in [1.29, 1.82) is 0 Å². The second-order valence-electron chi connectivity index (χ2n) is 7.66. The van der Waals surface area contributed by atoms with E-state index in [1.165, 1.54) is 0 Å². The number of nitrogens with one attached hydrogen (secondary N) is 1. The van der Waals surface area contributed by atoms with Crippen molar-refractivity contribution in [3.63, 3.8) is 0 Å². The number of imidazole rings is 1. The molecule has 0 atom stereocenters. The summed E-state index contributed by atoms with van der Waals surface area (Å²) in [5.74, 6) is 0.920. The summed E-state index contributed by atoms with van der Waals surface area (Å²) in [6.07, 6.45) is 0. The first-order valence-corrected chi connectivity index (χ1v) is 11.5. The summed E-state index contributed by atoms with van der Waals surface area (Å²) >= 11 is 9.64. The molecular formula is C25H19BrClN5O. The number of fused-ring (bicyclic) bond motifs is 1. The molecule has 33 heavy (non-hydrogen) atoms. The summed E-state index contributed by atoms with van der Waals surface area (Å²) in [6.45, 7) is 2.43. The lowest BCUT2D eigenvalue weighted by Crippen LogP contribution is -2.17. The molecule has 0 unspecified atom stereocenters. The minimum absolute atomic E-state index is 0.227. The number of carbonyl (C=O) groups is 1. The van der Waals surface area contributed by atoms with Gasteiger partial charge in [0.1, 0.15) is 5.82 Å². The average molecular weight is 521 g/mol. The van der Waals surface area contributed by atoms with E-state index in [1.54, 1.807) is 16.8 Å². The van der Waals surface area contributed by atoms with E-state index in [9.17, 15) is 4.79 Å². The molecule has 5 aromatic rings. The van der Waals surface area contributed by atoms with Crippen LogP contribution in [0.1, 0.15) is 21.6 Å². The zero-order valence-electron chi connectivity index (χ0n) is 17.7. The van der Waals surface area contributed by atoms with Crippen LogP contribution in [0.15, 0.2) is 83.3 Å². The van der Waals surface area contributed by atoms with Crippen LogP contribution in [0.3, 0.4) is 0 Å². The molecule has 0 fully saturated rings. The van der Waals surface area contributed by atoms with E-state index < -0.39 is 0 Å². The third-order valence-corrected chi connectivity index (χ3v) is 5.94. The fourth-order valence-electron chi connectivity index (χ4n) is 3.76. The lowest BCUT2D eigenvalue weighted by molar-refractivity contribution is 0.102. The third-order valence-electron chi connectivity index (χ3n) is 5.21. The second-order valence-corrected chi connectivity index (χ2v) is 9.02. The molecule has 2 aromatic heterocycles. The van der Waals surface area contributed by atoms with Gasteiger partial charge in [-0.1, -0.05) is 57.9 Å². The highest BCUT2D eigenvalue weighted by molar-refractivity contribution is 9.10. The number of anilines is 1. The molecule has 0 radical (unpaired) electrons. The Morgan fingerprint density at radius 3 is 2.67 bits per heavy atom. The van der Waals surface area contributed by atoms with Crippen molar-refractivity contribution >= 4 is 50.3 Å². The topological polar surface area (TPSA) is 64.7 Å². The number of amides is 1. The van der Waals surface area contributed by atoms with Gasteiger partial charge in [-0.25, -0.2) is 4.98 Å². The predicted octanol–water partition coefficient (Wildman–Crippen LogP) is 6.25. The molecule has 5 rings (SSSR count). The van der Waals surface area contributed by atoms with Gasteiger partial charge in [-0.05, 0) is 55.0 Å². The molecule has 0 aliphatic rings. The van der Waals surface area contributed by atoms with Gasteiger partial charge in [0, 0.05) is 21.1 Å². The van der Waals surface area contributed by atoms with Gasteiger partial charge in [0.05, 0.1) is 23.3 Å². The van der Waals surface area contributed by atoms with E-state index in [0.717, 1.165) is 26.8 Å². The Hall–Kier alpha value is -3.42. The van der Waals surface area contributed by atoms with E-state index in [1.807, 2.05) is 73.7 Å². The zero-order chi connectivity index (χ0) is 22.9. The number of aryl methyl sites for hydroxylation is 1. The number of hydrogen-bond donors (Lipinski definition) is 1. The summed E-state index contributed by atoms with van der Waals surface area (Å²) in [7, 11) is 0. The molecule has 0 bridgehead atoms. The number of para-hydroxylation sites is 2. The van der Waals surface area contributed by atoms with Crippen LogP contribution >= 0.6 is 27.5 Å². The van der Waals surface area contributed by atoms with Crippen LogP contribution in [0.2, 0.25) is 5.02 Å².